The number of nitrogens with zero attached hydrogens (tertiary/aromatic N) is 2. The number of carboxylic acid groups (broad SMARTS) is 1. The lowest BCUT2D eigenvalue weighted by Crippen LogP contribution is -2.11. The van der Waals surface area contributed by atoms with Crippen LogP contribution in [0.1, 0.15) is 61.4 Å². The highest BCUT2D eigenvalue weighted by atomic mass is 35.5. The highest BCUT2D eigenvalue weighted by Crippen LogP contribution is 2.32. The molecule has 0 aliphatic rings. The lowest BCUT2D eigenvalue weighted by Gasteiger charge is -2.14. The van der Waals surface area contributed by atoms with Crippen molar-refractivity contribution in [3.8, 4) is 16.9 Å². The van der Waals surface area contributed by atoms with Crippen LogP contribution >= 0.6 is 23.2 Å². The summed E-state index contributed by atoms with van der Waals surface area (Å²) < 4.78 is 46.8. The maximum Gasteiger partial charge on any atom is 0.416 e. The van der Waals surface area contributed by atoms with Gasteiger partial charge in [0.25, 0.3) is 0 Å². The Morgan fingerprint density at radius 3 is 2.25 bits per heavy atom. The van der Waals surface area contributed by atoms with Crippen LogP contribution in [0.4, 0.5) is 13.2 Å². The molecule has 1 aromatic heterocycles. The Labute approximate surface area is 288 Å². The zero-order valence-corrected chi connectivity index (χ0v) is 28.4. The Kier molecular flexibility index (Phi) is 12.1. The lowest BCUT2D eigenvalue weighted by atomic mass is 10.0. The van der Waals surface area contributed by atoms with Gasteiger partial charge in [0.05, 0.1) is 27.6 Å². The normalized spacial score (nSPS) is 13.6. The number of aromatic nitrogens is 2. The molecule has 5 nitrogen and oxygen atoms in total. The van der Waals surface area contributed by atoms with E-state index in [1.54, 1.807) is 49.4 Å². The van der Waals surface area contributed by atoms with E-state index in [0.29, 0.717) is 34.3 Å². The zero-order valence-electron chi connectivity index (χ0n) is 26.9. The minimum absolute atomic E-state index is 0.184. The van der Waals surface area contributed by atoms with Crippen LogP contribution in [-0.4, -0.2) is 32.9 Å². The third-order valence-electron chi connectivity index (χ3n) is 7.60. The molecule has 0 spiro atoms. The molecule has 10 heteroatoms. The maximum absolute atomic E-state index is 13.0. The average molecular weight is 696 g/mol. The summed E-state index contributed by atoms with van der Waals surface area (Å²) >= 11 is 12.6. The predicted octanol–water partition coefficient (Wildman–Crippen LogP) is 11.3. The van der Waals surface area contributed by atoms with Crippen molar-refractivity contribution in [1.29, 1.82) is 0 Å². The molecular formula is C38H35Cl2F3N2O3. The van der Waals surface area contributed by atoms with Gasteiger partial charge in [-0.15, -0.1) is 0 Å². The third-order valence-corrected chi connectivity index (χ3v) is 8.15. The summed E-state index contributed by atoms with van der Waals surface area (Å²) in [6.07, 6.45) is 5.17. The number of halogens is 5. The minimum atomic E-state index is -4.41. The SMILES string of the molecule is C/C=C(\C/C=C(\C)c1ccc(Cc2nc(-c3ccc(Cl)cc3Cl)cn2-c2ccc(C(=O)O)cc2)cc1)OC(C)/C=C\C(=C/C)C(F)(F)F. The summed E-state index contributed by atoms with van der Waals surface area (Å²) in [7, 11) is 0. The quantitative estimate of drug-likeness (QED) is 0.118. The molecule has 1 unspecified atom stereocenters. The van der Waals surface area contributed by atoms with Crippen molar-refractivity contribution in [3.63, 3.8) is 0 Å². The molecule has 0 bridgehead atoms. The number of imidazole rings is 1. The molecule has 0 fully saturated rings. The smallest absolute Gasteiger partial charge is 0.416 e. The fourth-order valence-corrected chi connectivity index (χ4v) is 5.41. The first-order chi connectivity index (χ1) is 22.8. The second kappa shape index (κ2) is 16.0. The number of carbonyl (C=O) groups is 1. The van der Waals surface area contributed by atoms with Crippen molar-refractivity contribution in [2.75, 3.05) is 0 Å². The van der Waals surface area contributed by atoms with Gasteiger partial charge in [-0.05, 0) is 99.0 Å². The van der Waals surface area contributed by atoms with Crippen LogP contribution in [0.15, 0.2) is 115 Å². The molecule has 48 heavy (non-hydrogen) atoms. The van der Waals surface area contributed by atoms with Crippen LogP contribution in [0.3, 0.4) is 0 Å². The predicted molar refractivity (Wildman–Crippen MR) is 187 cm³/mol. The Morgan fingerprint density at radius 1 is 1.00 bits per heavy atom. The molecule has 0 saturated heterocycles. The van der Waals surface area contributed by atoms with Gasteiger partial charge in [0.15, 0.2) is 0 Å². The van der Waals surface area contributed by atoms with E-state index in [1.165, 1.54) is 13.0 Å². The summed E-state index contributed by atoms with van der Waals surface area (Å²) in [5.41, 5.74) is 4.62. The van der Waals surface area contributed by atoms with Crippen molar-refractivity contribution < 1.29 is 27.8 Å². The van der Waals surface area contributed by atoms with Gasteiger partial charge in [0.2, 0.25) is 0 Å². The molecule has 0 aliphatic carbocycles. The number of allylic oxidation sites excluding steroid dienone is 6. The van der Waals surface area contributed by atoms with Crippen molar-refractivity contribution in [1.82, 2.24) is 9.55 Å². The van der Waals surface area contributed by atoms with E-state index in [1.807, 2.05) is 61.0 Å². The molecule has 1 heterocycles. The van der Waals surface area contributed by atoms with Gasteiger partial charge in [-0.3, -0.25) is 0 Å². The molecule has 4 aromatic rings. The molecule has 4 rings (SSSR count). The van der Waals surface area contributed by atoms with Gasteiger partial charge in [-0.1, -0.05) is 65.7 Å². The fourth-order valence-electron chi connectivity index (χ4n) is 4.90. The van der Waals surface area contributed by atoms with Gasteiger partial charge in [0, 0.05) is 35.3 Å². The molecule has 0 amide bonds. The monoisotopic (exact) mass is 694 g/mol. The highest BCUT2D eigenvalue weighted by molar-refractivity contribution is 6.36. The standard InChI is InChI=1S/C38H35Cl2F3N2O3/c1-5-29(38(41,42)43)15-8-25(4)48-32(6-2)19-7-24(3)27-11-9-26(10-12-27)21-36-44-35(33-20-16-30(39)22-34(33)40)23-45(36)31-17-13-28(14-18-31)37(46)47/h5-18,20,22-23,25H,19,21H2,1-4H3,(H,46,47)/b15-8-,24-7+,29-5+,32-6+. The van der Waals surface area contributed by atoms with Crippen molar-refractivity contribution in [3.05, 3.63) is 147 Å². The van der Waals surface area contributed by atoms with E-state index in [2.05, 4.69) is 0 Å². The fraction of sp³-hybridized carbons (Fsp3) is 0.211. The van der Waals surface area contributed by atoms with Crippen LogP contribution < -0.4 is 0 Å². The van der Waals surface area contributed by atoms with Crippen LogP contribution in [0.25, 0.3) is 22.5 Å². The highest BCUT2D eigenvalue weighted by Gasteiger charge is 2.31. The number of hydrogen-bond acceptors (Lipinski definition) is 3. The molecule has 0 radical (unpaired) electrons. The summed E-state index contributed by atoms with van der Waals surface area (Å²) in [4.78, 5) is 16.3. The van der Waals surface area contributed by atoms with Gasteiger partial charge in [-0.25, -0.2) is 9.78 Å². The Hall–Kier alpha value is -4.53. The molecule has 3 aromatic carbocycles. The largest absolute Gasteiger partial charge is 0.491 e. The maximum atomic E-state index is 13.0. The number of alkyl halides is 3. The Bertz CT molecular complexity index is 1870. The van der Waals surface area contributed by atoms with Gasteiger partial charge >= 0.3 is 12.1 Å². The molecular weight excluding hydrogens is 660 g/mol. The summed E-state index contributed by atoms with van der Waals surface area (Å²) in [5, 5.41) is 10.3. The Morgan fingerprint density at radius 2 is 1.67 bits per heavy atom. The second-order valence-electron chi connectivity index (χ2n) is 11.0. The number of rotatable bonds is 12. The molecule has 250 valence electrons. The van der Waals surface area contributed by atoms with Gasteiger partial charge < -0.3 is 14.4 Å². The van der Waals surface area contributed by atoms with Crippen LogP contribution in [0.2, 0.25) is 10.0 Å². The molecule has 1 N–H and O–H groups in total. The number of hydrogen-bond donors (Lipinski definition) is 1. The van der Waals surface area contributed by atoms with Crippen LogP contribution in [-0.2, 0) is 11.2 Å². The number of carboxylic acids is 1. The van der Waals surface area contributed by atoms with Crippen molar-refractivity contribution in [2.45, 2.75) is 52.8 Å². The summed E-state index contributed by atoms with van der Waals surface area (Å²) in [5.74, 6) is 0.376. The number of benzene rings is 3. The van der Waals surface area contributed by atoms with E-state index < -0.39 is 23.8 Å². The second-order valence-corrected chi connectivity index (χ2v) is 11.9. The van der Waals surface area contributed by atoms with Gasteiger partial charge in [-0.2, -0.15) is 13.2 Å². The zero-order chi connectivity index (χ0) is 35.0. The molecule has 0 saturated carbocycles. The van der Waals surface area contributed by atoms with Crippen LogP contribution in [0, 0.1) is 0 Å². The van der Waals surface area contributed by atoms with Crippen molar-refractivity contribution in [2.24, 2.45) is 0 Å². The van der Waals surface area contributed by atoms with Gasteiger partial charge in [0.1, 0.15) is 11.9 Å². The Balaban J connectivity index is 1.51. The van der Waals surface area contributed by atoms with E-state index >= 15 is 0 Å². The van der Waals surface area contributed by atoms with E-state index in [4.69, 9.17) is 32.9 Å². The lowest BCUT2D eigenvalue weighted by molar-refractivity contribution is -0.0883. The van der Waals surface area contributed by atoms with E-state index in [0.717, 1.165) is 45.9 Å². The first-order valence-corrected chi connectivity index (χ1v) is 15.9. The van der Waals surface area contributed by atoms with Crippen molar-refractivity contribution >= 4 is 34.7 Å². The van der Waals surface area contributed by atoms with E-state index in [-0.39, 0.29) is 5.56 Å². The summed E-state index contributed by atoms with van der Waals surface area (Å²) in [6, 6.07) is 19.9. The topological polar surface area (TPSA) is 64.4 Å². The first-order valence-electron chi connectivity index (χ1n) is 15.2. The van der Waals surface area contributed by atoms with E-state index in [9.17, 15) is 23.1 Å². The molecule has 1 atom stereocenters. The number of ether oxygens (including phenoxy) is 1. The summed E-state index contributed by atoms with van der Waals surface area (Å²) in [6.45, 7) is 6.86. The average Bonchev–Trinajstić information content (AvgIpc) is 3.45. The van der Waals surface area contributed by atoms with Crippen LogP contribution in [0.5, 0.6) is 0 Å². The first kappa shape index (κ1) is 36.3. The molecule has 0 aliphatic heterocycles. The number of aromatic carboxylic acids is 1. The third kappa shape index (κ3) is 9.52. The minimum Gasteiger partial charge on any atom is -0.491 e.